The lowest BCUT2D eigenvalue weighted by Crippen LogP contribution is -2.13. The third kappa shape index (κ3) is 4.56. The lowest BCUT2D eigenvalue weighted by atomic mass is 10.2. The predicted octanol–water partition coefficient (Wildman–Crippen LogP) is 3.85. The number of thioether (sulfide) groups is 1. The van der Waals surface area contributed by atoms with Gasteiger partial charge in [0.15, 0.2) is 0 Å². The van der Waals surface area contributed by atoms with Crippen LogP contribution in [0, 0.1) is 15.9 Å². The van der Waals surface area contributed by atoms with E-state index in [-0.39, 0.29) is 23.7 Å². The Morgan fingerprint density at radius 2 is 1.95 bits per heavy atom. The number of nitro benzene ring substituents is 1. The van der Waals surface area contributed by atoms with Gasteiger partial charge in [-0.05, 0) is 18.2 Å². The van der Waals surface area contributed by atoms with Crippen molar-refractivity contribution in [3.05, 3.63) is 64.5 Å². The molecule has 22 heavy (non-hydrogen) atoms. The molecule has 0 atom stereocenters. The van der Waals surface area contributed by atoms with Crippen LogP contribution in [0.1, 0.15) is 6.42 Å². The first-order chi connectivity index (χ1) is 10.6. The van der Waals surface area contributed by atoms with Crippen LogP contribution in [0.25, 0.3) is 0 Å². The third-order valence-electron chi connectivity index (χ3n) is 2.78. The van der Waals surface area contributed by atoms with Gasteiger partial charge in [0.25, 0.3) is 5.69 Å². The van der Waals surface area contributed by atoms with Gasteiger partial charge in [-0.3, -0.25) is 14.9 Å². The highest BCUT2D eigenvalue weighted by Crippen LogP contribution is 2.22. The van der Waals surface area contributed by atoms with Crippen LogP contribution in [0.15, 0.2) is 53.4 Å². The lowest BCUT2D eigenvalue weighted by molar-refractivity contribution is -0.384. The van der Waals surface area contributed by atoms with E-state index in [1.54, 1.807) is 0 Å². The van der Waals surface area contributed by atoms with Crippen LogP contribution in [0.5, 0.6) is 0 Å². The van der Waals surface area contributed by atoms with Gasteiger partial charge in [-0.1, -0.05) is 18.2 Å². The van der Waals surface area contributed by atoms with Gasteiger partial charge in [0, 0.05) is 29.2 Å². The van der Waals surface area contributed by atoms with Crippen molar-refractivity contribution in [1.82, 2.24) is 0 Å². The SMILES string of the molecule is O=C(CCSc1ccccc1)Nc1cc([N+](=O)[O-])ccc1F. The summed E-state index contributed by atoms with van der Waals surface area (Å²) < 4.78 is 13.5. The second-order valence-electron chi connectivity index (χ2n) is 4.38. The minimum atomic E-state index is -0.699. The number of benzene rings is 2. The maximum absolute atomic E-state index is 13.5. The van der Waals surface area contributed by atoms with Gasteiger partial charge >= 0.3 is 0 Å². The topological polar surface area (TPSA) is 72.2 Å². The first kappa shape index (κ1) is 16.0. The molecule has 1 amide bonds. The Morgan fingerprint density at radius 3 is 2.64 bits per heavy atom. The van der Waals surface area contributed by atoms with Gasteiger partial charge in [0.05, 0.1) is 10.6 Å². The summed E-state index contributed by atoms with van der Waals surface area (Å²) in [4.78, 5) is 22.8. The first-order valence-electron chi connectivity index (χ1n) is 6.48. The molecule has 0 aliphatic heterocycles. The van der Waals surface area contributed by atoms with Crippen molar-refractivity contribution < 1.29 is 14.1 Å². The van der Waals surface area contributed by atoms with Crippen LogP contribution in [-0.2, 0) is 4.79 Å². The molecule has 0 aliphatic carbocycles. The Labute approximate surface area is 130 Å². The van der Waals surface area contributed by atoms with Crippen LogP contribution < -0.4 is 5.32 Å². The van der Waals surface area contributed by atoms with E-state index in [0.717, 1.165) is 23.1 Å². The van der Waals surface area contributed by atoms with Gasteiger partial charge in [0.2, 0.25) is 5.91 Å². The highest BCUT2D eigenvalue weighted by molar-refractivity contribution is 7.99. The summed E-state index contributed by atoms with van der Waals surface area (Å²) in [6.45, 7) is 0. The first-order valence-corrected chi connectivity index (χ1v) is 7.46. The molecule has 0 saturated carbocycles. The van der Waals surface area contributed by atoms with Gasteiger partial charge in [-0.25, -0.2) is 4.39 Å². The van der Waals surface area contributed by atoms with Crippen LogP contribution in [0.3, 0.4) is 0 Å². The number of amides is 1. The molecule has 0 heterocycles. The van der Waals surface area contributed by atoms with Crippen molar-refractivity contribution in [3.8, 4) is 0 Å². The lowest BCUT2D eigenvalue weighted by Gasteiger charge is -2.06. The third-order valence-corrected chi connectivity index (χ3v) is 3.79. The van der Waals surface area contributed by atoms with Crippen LogP contribution in [0.4, 0.5) is 15.8 Å². The molecule has 0 unspecified atom stereocenters. The largest absolute Gasteiger partial charge is 0.323 e. The number of nitrogens with one attached hydrogen (secondary N) is 1. The van der Waals surface area contributed by atoms with Crippen molar-refractivity contribution in [2.75, 3.05) is 11.1 Å². The van der Waals surface area contributed by atoms with Crippen molar-refractivity contribution in [2.45, 2.75) is 11.3 Å². The Bertz CT molecular complexity index is 680. The normalized spacial score (nSPS) is 10.2. The van der Waals surface area contributed by atoms with E-state index in [0.29, 0.717) is 5.75 Å². The average Bonchev–Trinajstić information content (AvgIpc) is 2.50. The molecule has 0 radical (unpaired) electrons. The molecule has 2 rings (SSSR count). The zero-order chi connectivity index (χ0) is 15.9. The van der Waals surface area contributed by atoms with Gasteiger partial charge in [-0.2, -0.15) is 0 Å². The zero-order valence-electron chi connectivity index (χ0n) is 11.5. The summed E-state index contributed by atoms with van der Waals surface area (Å²) in [6, 6.07) is 12.6. The predicted molar refractivity (Wildman–Crippen MR) is 83.5 cm³/mol. The number of non-ortho nitro benzene ring substituents is 1. The standard InChI is InChI=1S/C15H13FN2O3S/c16-13-7-6-11(18(20)21)10-14(13)17-15(19)8-9-22-12-4-2-1-3-5-12/h1-7,10H,8-9H2,(H,17,19). The summed E-state index contributed by atoms with van der Waals surface area (Å²) in [5, 5.41) is 13.0. The molecule has 0 fully saturated rings. The summed E-state index contributed by atoms with van der Waals surface area (Å²) in [5.74, 6) is -0.552. The monoisotopic (exact) mass is 320 g/mol. The number of anilines is 1. The van der Waals surface area contributed by atoms with Crippen molar-refractivity contribution in [3.63, 3.8) is 0 Å². The Balaban J connectivity index is 1.89. The second-order valence-corrected chi connectivity index (χ2v) is 5.55. The maximum atomic E-state index is 13.5. The minimum Gasteiger partial charge on any atom is -0.323 e. The highest BCUT2D eigenvalue weighted by Gasteiger charge is 2.13. The molecular formula is C15H13FN2O3S. The molecular weight excluding hydrogens is 307 g/mol. The van der Waals surface area contributed by atoms with E-state index in [2.05, 4.69) is 5.32 Å². The van der Waals surface area contributed by atoms with E-state index >= 15 is 0 Å². The zero-order valence-corrected chi connectivity index (χ0v) is 12.3. The van der Waals surface area contributed by atoms with E-state index < -0.39 is 10.7 Å². The number of hydrogen-bond donors (Lipinski definition) is 1. The average molecular weight is 320 g/mol. The highest BCUT2D eigenvalue weighted by atomic mass is 32.2. The number of carbonyl (C=O) groups is 1. The molecule has 2 aromatic carbocycles. The number of nitrogens with zero attached hydrogens (tertiary/aromatic N) is 1. The Morgan fingerprint density at radius 1 is 1.23 bits per heavy atom. The fourth-order valence-electron chi connectivity index (χ4n) is 1.71. The maximum Gasteiger partial charge on any atom is 0.271 e. The molecule has 0 saturated heterocycles. The van der Waals surface area contributed by atoms with Crippen LogP contribution in [-0.4, -0.2) is 16.6 Å². The van der Waals surface area contributed by atoms with Crippen molar-refractivity contribution in [2.24, 2.45) is 0 Å². The summed E-state index contributed by atoms with van der Waals surface area (Å²) >= 11 is 1.51. The molecule has 0 bridgehead atoms. The van der Waals surface area contributed by atoms with Gasteiger partial charge in [0.1, 0.15) is 5.82 Å². The van der Waals surface area contributed by atoms with E-state index in [1.807, 2.05) is 30.3 Å². The number of carbonyl (C=O) groups excluding carboxylic acids is 1. The van der Waals surface area contributed by atoms with E-state index in [1.165, 1.54) is 11.8 Å². The van der Waals surface area contributed by atoms with Gasteiger partial charge in [-0.15, -0.1) is 11.8 Å². The fourth-order valence-corrected chi connectivity index (χ4v) is 2.59. The van der Waals surface area contributed by atoms with Gasteiger partial charge < -0.3 is 5.32 Å². The number of rotatable bonds is 6. The number of nitro groups is 1. The fraction of sp³-hybridized carbons (Fsp3) is 0.133. The molecule has 0 aromatic heterocycles. The molecule has 114 valence electrons. The number of halogens is 1. The Kier molecular flexibility index (Phi) is 5.48. The summed E-state index contributed by atoms with van der Waals surface area (Å²) in [7, 11) is 0. The minimum absolute atomic E-state index is 0.177. The molecule has 0 spiro atoms. The van der Waals surface area contributed by atoms with E-state index in [9.17, 15) is 19.3 Å². The summed E-state index contributed by atoms with van der Waals surface area (Å²) in [5.41, 5.74) is -0.445. The number of hydrogen-bond acceptors (Lipinski definition) is 4. The van der Waals surface area contributed by atoms with Crippen LogP contribution in [0.2, 0.25) is 0 Å². The molecule has 5 nitrogen and oxygen atoms in total. The van der Waals surface area contributed by atoms with Crippen molar-refractivity contribution in [1.29, 1.82) is 0 Å². The second kappa shape index (κ2) is 7.56. The smallest absolute Gasteiger partial charge is 0.271 e. The van der Waals surface area contributed by atoms with Crippen molar-refractivity contribution >= 4 is 29.0 Å². The molecule has 2 aromatic rings. The Hall–Kier alpha value is -2.41. The molecule has 0 aliphatic rings. The summed E-state index contributed by atoms with van der Waals surface area (Å²) in [6.07, 6.45) is 0.182. The quantitative estimate of drug-likeness (QED) is 0.498. The molecule has 1 N–H and O–H groups in total. The van der Waals surface area contributed by atoms with Crippen LogP contribution >= 0.6 is 11.8 Å². The van der Waals surface area contributed by atoms with E-state index in [4.69, 9.17) is 0 Å². The molecule has 7 heteroatoms.